The standard InChI is InChI=1S/C19H27N3O2/c1-5-6-22-12-15(11-21-18(23)24-19(2,3)4)16-7-13-9-20-10-14(13)8-17(16)22/h7-8,12,20H,5-6,9-11H2,1-4H3,(H,21,23). The largest absolute Gasteiger partial charge is 0.444 e. The number of benzene rings is 1. The highest BCUT2D eigenvalue weighted by molar-refractivity contribution is 5.86. The van der Waals surface area contributed by atoms with E-state index in [1.807, 2.05) is 20.8 Å². The Morgan fingerprint density at radius 3 is 2.67 bits per heavy atom. The van der Waals surface area contributed by atoms with Crippen molar-refractivity contribution < 1.29 is 9.53 Å². The normalized spacial score (nSPS) is 14.0. The topological polar surface area (TPSA) is 55.3 Å². The number of hydrogen-bond donors (Lipinski definition) is 2. The Morgan fingerprint density at radius 1 is 1.29 bits per heavy atom. The Balaban J connectivity index is 1.86. The van der Waals surface area contributed by atoms with Gasteiger partial charge in [0.2, 0.25) is 0 Å². The van der Waals surface area contributed by atoms with Crippen LogP contribution in [0.4, 0.5) is 4.79 Å². The summed E-state index contributed by atoms with van der Waals surface area (Å²) >= 11 is 0. The van der Waals surface area contributed by atoms with Gasteiger partial charge in [-0.2, -0.15) is 0 Å². The third kappa shape index (κ3) is 3.56. The predicted molar refractivity (Wildman–Crippen MR) is 95.8 cm³/mol. The maximum absolute atomic E-state index is 11.9. The molecule has 2 aromatic rings. The molecule has 130 valence electrons. The molecule has 0 radical (unpaired) electrons. The van der Waals surface area contributed by atoms with Gasteiger partial charge in [0.1, 0.15) is 5.60 Å². The molecule has 0 atom stereocenters. The van der Waals surface area contributed by atoms with Crippen LogP contribution in [0.5, 0.6) is 0 Å². The molecule has 0 fully saturated rings. The van der Waals surface area contributed by atoms with Crippen molar-refractivity contribution in [1.29, 1.82) is 0 Å². The molecule has 0 saturated carbocycles. The van der Waals surface area contributed by atoms with Crippen LogP contribution in [0.3, 0.4) is 0 Å². The summed E-state index contributed by atoms with van der Waals surface area (Å²) in [6.07, 6.45) is 2.87. The first kappa shape index (κ1) is 16.8. The van der Waals surface area contributed by atoms with Crippen LogP contribution in [0.15, 0.2) is 18.3 Å². The third-order valence-corrected chi connectivity index (χ3v) is 4.20. The summed E-state index contributed by atoms with van der Waals surface area (Å²) < 4.78 is 7.62. The minimum atomic E-state index is -0.479. The van der Waals surface area contributed by atoms with Gasteiger partial charge in [0, 0.05) is 43.3 Å². The van der Waals surface area contributed by atoms with Crippen LogP contribution in [0.1, 0.15) is 50.8 Å². The molecule has 0 spiro atoms. The van der Waals surface area contributed by atoms with Gasteiger partial charge in [-0.15, -0.1) is 0 Å². The average Bonchev–Trinajstić information content (AvgIpc) is 3.06. The lowest BCUT2D eigenvalue weighted by Crippen LogP contribution is -2.32. The van der Waals surface area contributed by atoms with Crippen molar-refractivity contribution in [1.82, 2.24) is 15.2 Å². The van der Waals surface area contributed by atoms with Gasteiger partial charge in [-0.1, -0.05) is 6.92 Å². The summed E-state index contributed by atoms with van der Waals surface area (Å²) in [5, 5.41) is 7.50. The Kier molecular flexibility index (Phi) is 4.54. The van der Waals surface area contributed by atoms with Gasteiger partial charge in [0.15, 0.2) is 0 Å². The zero-order valence-electron chi connectivity index (χ0n) is 15.0. The number of aromatic nitrogens is 1. The van der Waals surface area contributed by atoms with E-state index in [9.17, 15) is 4.79 Å². The van der Waals surface area contributed by atoms with Crippen LogP contribution in [0.25, 0.3) is 10.9 Å². The van der Waals surface area contributed by atoms with E-state index in [4.69, 9.17) is 4.74 Å². The second kappa shape index (κ2) is 6.48. The lowest BCUT2D eigenvalue weighted by atomic mass is 10.1. The van der Waals surface area contributed by atoms with E-state index in [-0.39, 0.29) is 6.09 Å². The molecule has 0 aliphatic carbocycles. The monoisotopic (exact) mass is 329 g/mol. The second-order valence-corrected chi connectivity index (χ2v) is 7.44. The number of carbonyl (C=O) groups is 1. The minimum absolute atomic E-state index is 0.373. The Morgan fingerprint density at radius 2 is 2.00 bits per heavy atom. The van der Waals surface area contributed by atoms with Gasteiger partial charge in [0.25, 0.3) is 0 Å². The maximum atomic E-state index is 11.9. The summed E-state index contributed by atoms with van der Waals surface area (Å²) in [5.41, 5.74) is 4.64. The first-order valence-electron chi connectivity index (χ1n) is 8.68. The van der Waals surface area contributed by atoms with Gasteiger partial charge < -0.3 is 19.9 Å². The molecule has 0 unspecified atom stereocenters. The number of carbonyl (C=O) groups excluding carboxylic acids is 1. The molecule has 5 heteroatoms. The van der Waals surface area contributed by atoms with Crippen molar-refractivity contribution in [2.24, 2.45) is 0 Å². The maximum Gasteiger partial charge on any atom is 0.407 e. The van der Waals surface area contributed by atoms with Crippen molar-refractivity contribution in [3.8, 4) is 0 Å². The first-order valence-corrected chi connectivity index (χ1v) is 8.68. The van der Waals surface area contributed by atoms with Crippen LogP contribution in [-0.4, -0.2) is 16.3 Å². The highest BCUT2D eigenvalue weighted by Gasteiger charge is 2.18. The fourth-order valence-electron chi connectivity index (χ4n) is 3.21. The summed E-state index contributed by atoms with van der Waals surface area (Å²) in [4.78, 5) is 11.9. The van der Waals surface area contributed by atoms with Crippen LogP contribution in [0.2, 0.25) is 0 Å². The van der Waals surface area contributed by atoms with E-state index >= 15 is 0 Å². The minimum Gasteiger partial charge on any atom is -0.444 e. The number of rotatable bonds is 4. The predicted octanol–water partition coefficient (Wildman–Crippen LogP) is 3.68. The second-order valence-electron chi connectivity index (χ2n) is 7.44. The van der Waals surface area contributed by atoms with Crippen molar-refractivity contribution in [2.75, 3.05) is 0 Å². The molecule has 24 heavy (non-hydrogen) atoms. The summed E-state index contributed by atoms with van der Waals surface area (Å²) in [6, 6.07) is 4.56. The average molecular weight is 329 g/mol. The third-order valence-electron chi connectivity index (χ3n) is 4.20. The quantitative estimate of drug-likeness (QED) is 0.900. The first-order chi connectivity index (χ1) is 11.4. The van der Waals surface area contributed by atoms with Crippen LogP contribution in [-0.2, 0) is 30.9 Å². The van der Waals surface area contributed by atoms with Crippen LogP contribution >= 0.6 is 0 Å². The number of alkyl carbamates (subject to hydrolysis) is 1. The molecular weight excluding hydrogens is 302 g/mol. The molecule has 2 N–H and O–H groups in total. The molecule has 3 rings (SSSR count). The van der Waals surface area contributed by atoms with Crippen molar-refractivity contribution >= 4 is 17.0 Å². The fraction of sp³-hybridized carbons (Fsp3) is 0.526. The number of nitrogens with one attached hydrogen (secondary N) is 2. The van der Waals surface area contributed by atoms with Crippen molar-refractivity contribution in [3.63, 3.8) is 0 Å². The lowest BCUT2D eigenvalue weighted by molar-refractivity contribution is 0.0524. The molecule has 1 aliphatic heterocycles. The highest BCUT2D eigenvalue weighted by atomic mass is 16.6. The van der Waals surface area contributed by atoms with E-state index in [2.05, 4.69) is 40.5 Å². The van der Waals surface area contributed by atoms with Crippen molar-refractivity contribution in [3.05, 3.63) is 35.0 Å². The molecule has 1 aromatic carbocycles. The number of fused-ring (bicyclic) bond motifs is 2. The summed E-state index contributed by atoms with van der Waals surface area (Å²) in [7, 11) is 0. The Hall–Kier alpha value is -2.01. The Labute approximate surface area is 143 Å². The van der Waals surface area contributed by atoms with E-state index in [0.717, 1.165) is 31.6 Å². The van der Waals surface area contributed by atoms with E-state index in [0.29, 0.717) is 6.54 Å². The van der Waals surface area contributed by atoms with Crippen LogP contribution in [0, 0.1) is 0 Å². The van der Waals surface area contributed by atoms with Gasteiger partial charge in [-0.25, -0.2) is 4.79 Å². The lowest BCUT2D eigenvalue weighted by Gasteiger charge is -2.19. The molecule has 2 heterocycles. The number of hydrogen-bond acceptors (Lipinski definition) is 3. The molecule has 1 aromatic heterocycles. The number of amides is 1. The zero-order chi connectivity index (χ0) is 17.3. The fourth-order valence-corrected chi connectivity index (χ4v) is 3.21. The molecule has 0 saturated heterocycles. The van der Waals surface area contributed by atoms with Gasteiger partial charge in [-0.3, -0.25) is 0 Å². The highest BCUT2D eigenvalue weighted by Crippen LogP contribution is 2.28. The number of nitrogens with zero attached hydrogens (tertiary/aromatic N) is 1. The molecule has 1 amide bonds. The van der Waals surface area contributed by atoms with Crippen LogP contribution < -0.4 is 10.6 Å². The molecule has 5 nitrogen and oxygen atoms in total. The summed E-state index contributed by atoms with van der Waals surface area (Å²) in [5.74, 6) is 0. The van der Waals surface area contributed by atoms with E-state index < -0.39 is 5.60 Å². The number of ether oxygens (including phenoxy) is 1. The smallest absolute Gasteiger partial charge is 0.407 e. The van der Waals surface area contributed by atoms with Crippen molar-refractivity contribution in [2.45, 2.75) is 65.9 Å². The van der Waals surface area contributed by atoms with Gasteiger partial charge >= 0.3 is 6.09 Å². The van der Waals surface area contributed by atoms with Gasteiger partial charge in [0.05, 0.1) is 0 Å². The number of aryl methyl sites for hydroxylation is 1. The van der Waals surface area contributed by atoms with E-state index in [1.54, 1.807) is 0 Å². The SMILES string of the molecule is CCCn1cc(CNC(=O)OC(C)(C)C)c2cc3c(cc21)CNC3. The zero-order valence-corrected chi connectivity index (χ0v) is 15.0. The summed E-state index contributed by atoms with van der Waals surface area (Å²) in [6.45, 7) is 11.1. The molecule has 1 aliphatic rings. The molecular formula is C19H27N3O2. The van der Waals surface area contributed by atoms with Gasteiger partial charge in [-0.05, 0) is 56.0 Å². The van der Waals surface area contributed by atoms with E-state index in [1.165, 1.54) is 22.0 Å². The molecule has 0 bridgehead atoms. The Bertz CT molecular complexity index is 756.